The van der Waals surface area contributed by atoms with Gasteiger partial charge in [0.25, 0.3) is 5.69 Å². The minimum absolute atomic E-state index is 0.0400. The molecule has 0 unspecified atom stereocenters. The van der Waals surface area contributed by atoms with Gasteiger partial charge in [-0.05, 0) is 6.07 Å². The molecular weight excluding hydrogens is 338 g/mol. The van der Waals surface area contributed by atoms with Crippen molar-refractivity contribution in [3.8, 4) is 17.3 Å². The smallest absolute Gasteiger partial charge is 0.317 e. The molecule has 1 heterocycles. The zero-order chi connectivity index (χ0) is 18.5. The SMILES string of the molecule is CC(=O)OCCOc1nc(-c2ccccc2)c2cc([N+](=O)[O-])ccc2n1. The lowest BCUT2D eigenvalue weighted by molar-refractivity contribution is -0.384. The van der Waals surface area contributed by atoms with Crippen LogP contribution in [0.4, 0.5) is 5.69 Å². The number of benzene rings is 2. The quantitative estimate of drug-likeness (QED) is 0.290. The van der Waals surface area contributed by atoms with Gasteiger partial charge < -0.3 is 9.47 Å². The van der Waals surface area contributed by atoms with Crippen LogP contribution in [0, 0.1) is 10.1 Å². The van der Waals surface area contributed by atoms with Crippen LogP contribution in [0.15, 0.2) is 48.5 Å². The van der Waals surface area contributed by atoms with E-state index in [0.717, 1.165) is 5.56 Å². The number of aromatic nitrogens is 2. The molecule has 0 aliphatic heterocycles. The molecule has 132 valence electrons. The third-order valence-electron chi connectivity index (χ3n) is 3.54. The number of ether oxygens (including phenoxy) is 2. The zero-order valence-electron chi connectivity index (χ0n) is 13.9. The third kappa shape index (κ3) is 3.92. The Morgan fingerprint density at radius 2 is 1.88 bits per heavy atom. The van der Waals surface area contributed by atoms with Crippen molar-refractivity contribution >= 4 is 22.6 Å². The maximum Gasteiger partial charge on any atom is 0.317 e. The van der Waals surface area contributed by atoms with Crippen LogP contribution in [0.5, 0.6) is 6.01 Å². The summed E-state index contributed by atoms with van der Waals surface area (Å²) < 4.78 is 10.3. The van der Waals surface area contributed by atoms with E-state index in [-0.39, 0.29) is 24.9 Å². The fourth-order valence-electron chi connectivity index (χ4n) is 2.41. The summed E-state index contributed by atoms with van der Waals surface area (Å²) in [6.45, 7) is 1.50. The molecule has 2 aromatic carbocycles. The Balaban J connectivity index is 2.02. The molecule has 0 spiro atoms. The van der Waals surface area contributed by atoms with Gasteiger partial charge in [-0.1, -0.05) is 30.3 Å². The normalized spacial score (nSPS) is 10.5. The largest absolute Gasteiger partial charge is 0.462 e. The second-order valence-electron chi connectivity index (χ2n) is 5.37. The van der Waals surface area contributed by atoms with Gasteiger partial charge in [0.1, 0.15) is 13.2 Å². The number of carbonyl (C=O) groups is 1. The van der Waals surface area contributed by atoms with Crippen molar-refractivity contribution in [3.63, 3.8) is 0 Å². The predicted octanol–water partition coefficient (Wildman–Crippen LogP) is 3.15. The first-order chi connectivity index (χ1) is 12.5. The molecule has 26 heavy (non-hydrogen) atoms. The maximum absolute atomic E-state index is 11.1. The van der Waals surface area contributed by atoms with Crippen molar-refractivity contribution in [3.05, 3.63) is 58.6 Å². The molecule has 0 saturated carbocycles. The fourth-order valence-corrected chi connectivity index (χ4v) is 2.41. The highest BCUT2D eigenvalue weighted by Gasteiger charge is 2.15. The summed E-state index contributed by atoms with van der Waals surface area (Å²) in [6, 6.07) is 13.8. The number of esters is 1. The predicted molar refractivity (Wildman–Crippen MR) is 93.8 cm³/mol. The van der Waals surface area contributed by atoms with Gasteiger partial charge in [0.2, 0.25) is 0 Å². The Kier molecular flexibility index (Phi) is 5.02. The lowest BCUT2D eigenvalue weighted by atomic mass is 10.1. The number of non-ortho nitro benzene ring substituents is 1. The van der Waals surface area contributed by atoms with Gasteiger partial charge in [0.05, 0.1) is 16.1 Å². The standard InChI is InChI=1S/C18H15N3O5/c1-12(22)25-9-10-26-18-19-16-8-7-14(21(23)24)11-15(16)17(20-18)13-5-3-2-4-6-13/h2-8,11H,9-10H2,1H3. The summed E-state index contributed by atoms with van der Waals surface area (Å²) in [7, 11) is 0. The van der Waals surface area contributed by atoms with Gasteiger partial charge in [-0.25, -0.2) is 0 Å². The minimum atomic E-state index is -0.461. The van der Waals surface area contributed by atoms with Crippen LogP contribution in [0.1, 0.15) is 6.92 Å². The molecule has 3 rings (SSSR count). The summed E-state index contributed by atoms with van der Waals surface area (Å²) in [5.41, 5.74) is 1.79. The Hall–Kier alpha value is -3.55. The summed E-state index contributed by atoms with van der Waals surface area (Å²) in [4.78, 5) is 30.1. The summed E-state index contributed by atoms with van der Waals surface area (Å²) >= 11 is 0. The summed E-state index contributed by atoms with van der Waals surface area (Å²) in [5, 5.41) is 11.6. The van der Waals surface area contributed by atoms with E-state index in [1.165, 1.54) is 19.1 Å². The Morgan fingerprint density at radius 1 is 1.12 bits per heavy atom. The van der Waals surface area contributed by atoms with E-state index in [1.807, 2.05) is 30.3 Å². The number of nitro groups is 1. The van der Waals surface area contributed by atoms with Gasteiger partial charge in [-0.2, -0.15) is 9.97 Å². The van der Waals surface area contributed by atoms with E-state index >= 15 is 0 Å². The summed E-state index contributed by atoms with van der Waals surface area (Å²) in [5.74, 6) is -0.398. The topological polar surface area (TPSA) is 104 Å². The van der Waals surface area contributed by atoms with Crippen LogP contribution in [0.2, 0.25) is 0 Å². The Morgan fingerprint density at radius 3 is 2.58 bits per heavy atom. The van der Waals surface area contributed by atoms with Crippen molar-refractivity contribution in [2.24, 2.45) is 0 Å². The van der Waals surface area contributed by atoms with Gasteiger partial charge in [-0.15, -0.1) is 0 Å². The first-order valence-electron chi connectivity index (χ1n) is 7.82. The van der Waals surface area contributed by atoms with Crippen LogP contribution >= 0.6 is 0 Å². The molecule has 8 nitrogen and oxygen atoms in total. The average Bonchev–Trinajstić information content (AvgIpc) is 2.64. The fraction of sp³-hybridized carbons (Fsp3) is 0.167. The average molecular weight is 353 g/mol. The molecule has 3 aromatic rings. The van der Waals surface area contributed by atoms with Gasteiger partial charge in [0, 0.05) is 30.0 Å². The molecule has 0 bridgehead atoms. The van der Waals surface area contributed by atoms with E-state index in [9.17, 15) is 14.9 Å². The molecule has 0 amide bonds. The van der Waals surface area contributed by atoms with E-state index in [2.05, 4.69) is 9.97 Å². The maximum atomic E-state index is 11.1. The van der Waals surface area contributed by atoms with E-state index < -0.39 is 10.9 Å². The number of fused-ring (bicyclic) bond motifs is 1. The van der Waals surface area contributed by atoms with Crippen molar-refractivity contribution in [2.45, 2.75) is 6.92 Å². The number of hydrogen-bond donors (Lipinski definition) is 0. The molecule has 1 aromatic heterocycles. The monoisotopic (exact) mass is 353 g/mol. The lowest BCUT2D eigenvalue weighted by Gasteiger charge is -2.10. The van der Waals surface area contributed by atoms with Crippen LogP contribution < -0.4 is 4.74 Å². The lowest BCUT2D eigenvalue weighted by Crippen LogP contribution is -2.11. The minimum Gasteiger partial charge on any atom is -0.462 e. The van der Waals surface area contributed by atoms with E-state index in [1.54, 1.807) is 6.07 Å². The van der Waals surface area contributed by atoms with E-state index in [4.69, 9.17) is 9.47 Å². The molecule has 0 atom stereocenters. The number of nitro benzene ring substituents is 1. The van der Waals surface area contributed by atoms with Crippen molar-refractivity contribution in [1.29, 1.82) is 0 Å². The van der Waals surface area contributed by atoms with Crippen molar-refractivity contribution in [2.75, 3.05) is 13.2 Å². The molecular formula is C18H15N3O5. The number of nitrogens with zero attached hydrogens (tertiary/aromatic N) is 3. The van der Waals surface area contributed by atoms with Gasteiger partial charge in [0.15, 0.2) is 0 Å². The molecule has 0 radical (unpaired) electrons. The van der Waals surface area contributed by atoms with Crippen LogP contribution in [0.3, 0.4) is 0 Å². The van der Waals surface area contributed by atoms with E-state index in [0.29, 0.717) is 16.6 Å². The molecule has 0 N–H and O–H groups in total. The first-order valence-corrected chi connectivity index (χ1v) is 7.82. The second-order valence-corrected chi connectivity index (χ2v) is 5.37. The Labute approximate surface area is 148 Å². The number of rotatable bonds is 6. The van der Waals surface area contributed by atoms with Gasteiger partial charge in [-0.3, -0.25) is 14.9 Å². The number of hydrogen-bond acceptors (Lipinski definition) is 7. The first kappa shape index (κ1) is 17.3. The van der Waals surface area contributed by atoms with Crippen LogP contribution in [-0.4, -0.2) is 34.1 Å². The number of carbonyl (C=O) groups excluding carboxylic acids is 1. The highest BCUT2D eigenvalue weighted by atomic mass is 16.6. The Bertz CT molecular complexity index is 960. The van der Waals surface area contributed by atoms with Crippen LogP contribution in [-0.2, 0) is 9.53 Å². The molecule has 8 heteroatoms. The third-order valence-corrected chi connectivity index (χ3v) is 3.54. The molecule has 0 saturated heterocycles. The van der Waals surface area contributed by atoms with Crippen LogP contribution in [0.25, 0.3) is 22.2 Å². The van der Waals surface area contributed by atoms with Crippen molar-refractivity contribution < 1.29 is 19.2 Å². The molecule has 0 aliphatic carbocycles. The molecule has 0 aliphatic rings. The zero-order valence-corrected chi connectivity index (χ0v) is 13.9. The second kappa shape index (κ2) is 7.56. The highest BCUT2D eigenvalue weighted by molar-refractivity contribution is 5.93. The molecule has 0 fully saturated rings. The van der Waals surface area contributed by atoms with Crippen molar-refractivity contribution in [1.82, 2.24) is 9.97 Å². The summed E-state index contributed by atoms with van der Waals surface area (Å²) in [6.07, 6.45) is 0. The highest BCUT2D eigenvalue weighted by Crippen LogP contribution is 2.30. The van der Waals surface area contributed by atoms with Gasteiger partial charge >= 0.3 is 12.0 Å².